The highest BCUT2D eigenvalue weighted by molar-refractivity contribution is 4.92. The minimum atomic E-state index is 0.434. The number of nitrogens with one attached hydrogen (secondary N) is 1. The fourth-order valence-corrected chi connectivity index (χ4v) is 4.31. The Kier molecular flexibility index (Phi) is 4.42. The number of piperidine rings is 2. The molecule has 0 aliphatic carbocycles. The molecule has 3 saturated heterocycles. The highest BCUT2D eigenvalue weighted by Crippen LogP contribution is 2.29. The predicted molar refractivity (Wildman–Crippen MR) is 77.4 cm³/mol. The summed E-state index contributed by atoms with van der Waals surface area (Å²) < 4.78 is 5.44. The second-order valence-corrected chi connectivity index (χ2v) is 6.70. The zero-order valence-corrected chi connectivity index (χ0v) is 12.5. The van der Waals surface area contributed by atoms with Crippen LogP contribution in [0.25, 0.3) is 0 Å². The Morgan fingerprint density at radius 2 is 2.16 bits per heavy atom. The molecule has 0 bridgehead atoms. The second kappa shape index (κ2) is 6.08. The van der Waals surface area contributed by atoms with Gasteiger partial charge in [0.2, 0.25) is 0 Å². The van der Waals surface area contributed by atoms with Gasteiger partial charge in [0.1, 0.15) is 0 Å². The van der Waals surface area contributed by atoms with Gasteiger partial charge in [0.05, 0.1) is 6.10 Å². The van der Waals surface area contributed by atoms with Crippen LogP contribution in [0.3, 0.4) is 0 Å². The van der Waals surface area contributed by atoms with Crippen LogP contribution in [0.5, 0.6) is 0 Å². The van der Waals surface area contributed by atoms with E-state index in [9.17, 15) is 0 Å². The van der Waals surface area contributed by atoms with Crippen molar-refractivity contribution >= 4 is 0 Å². The Morgan fingerprint density at radius 3 is 2.95 bits per heavy atom. The first-order chi connectivity index (χ1) is 9.26. The van der Waals surface area contributed by atoms with Gasteiger partial charge < -0.3 is 19.9 Å². The van der Waals surface area contributed by atoms with Crippen molar-refractivity contribution < 1.29 is 4.74 Å². The molecule has 3 rings (SSSR count). The number of ether oxygens (including phenoxy) is 1. The van der Waals surface area contributed by atoms with E-state index in [4.69, 9.17) is 4.74 Å². The number of nitrogens with zero attached hydrogens (tertiary/aromatic N) is 2. The topological polar surface area (TPSA) is 27.7 Å². The summed E-state index contributed by atoms with van der Waals surface area (Å²) in [6.45, 7) is 6.14. The summed E-state index contributed by atoms with van der Waals surface area (Å²) in [6.07, 6.45) is 5.80. The standard InChI is InChI=1S/C15H29N3O/c1-17-6-3-4-12-10-18(7-5-15(12)17)11-13-8-14(19-2)9-16-13/h12-16H,3-11H2,1-2H3. The molecule has 0 aromatic heterocycles. The van der Waals surface area contributed by atoms with E-state index >= 15 is 0 Å². The van der Waals surface area contributed by atoms with Crippen LogP contribution >= 0.6 is 0 Å². The summed E-state index contributed by atoms with van der Waals surface area (Å²) in [5.41, 5.74) is 0. The first kappa shape index (κ1) is 13.8. The molecule has 0 aromatic rings. The molecule has 0 radical (unpaired) electrons. The van der Waals surface area contributed by atoms with Crippen molar-refractivity contribution in [3.63, 3.8) is 0 Å². The summed E-state index contributed by atoms with van der Waals surface area (Å²) in [5.74, 6) is 0.909. The van der Waals surface area contributed by atoms with Crippen LogP contribution in [0, 0.1) is 5.92 Å². The zero-order chi connectivity index (χ0) is 13.2. The fraction of sp³-hybridized carbons (Fsp3) is 1.00. The van der Waals surface area contributed by atoms with Gasteiger partial charge in [-0.25, -0.2) is 0 Å². The lowest BCUT2D eigenvalue weighted by Gasteiger charge is -2.46. The molecule has 0 amide bonds. The number of rotatable bonds is 3. The summed E-state index contributed by atoms with van der Waals surface area (Å²) >= 11 is 0. The van der Waals surface area contributed by atoms with Crippen molar-refractivity contribution in [3.8, 4) is 0 Å². The molecule has 4 atom stereocenters. The van der Waals surface area contributed by atoms with Crippen LogP contribution in [-0.4, -0.2) is 74.9 Å². The van der Waals surface area contributed by atoms with Crippen molar-refractivity contribution in [1.29, 1.82) is 0 Å². The molecule has 4 heteroatoms. The molecule has 19 heavy (non-hydrogen) atoms. The quantitative estimate of drug-likeness (QED) is 0.818. The van der Waals surface area contributed by atoms with Crippen molar-refractivity contribution in [2.24, 2.45) is 5.92 Å². The summed E-state index contributed by atoms with van der Waals surface area (Å²) in [4.78, 5) is 5.29. The molecule has 1 N–H and O–H groups in total. The second-order valence-electron chi connectivity index (χ2n) is 6.70. The van der Waals surface area contributed by atoms with Gasteiger partial charge >= 0.3 is 0 Å². The summed E-state index contributed by atoms with van der Waals surface area (Å²) in [7, 11) is 4.15. The van der Waals surface area contributed by atoms with Crippen molar-refractivity contribution in [2.75, 3.05) is 46.9 Å². The molecule has 110 valence electrons. The van der Waals surface area contributed by atoms with Gasteiger partial charge in [0.15, 0.2) is 0 Å². The number of likely N-dealkylation sites (tertiary alicyclic amines) is 2. The van der Waals surface area contributed by atoms with Crippen molar-refractivity contribution in [3.05, 3.63) is 0 Å². The van der Waals surface area contributed by atoms with Gasteiger partial charge in [-0.05, 0) is 51.7 Å². The average molecular weight is 267 g/mol. The van der Waals surface area contributed by atoms with E-state index in [1.54, 1.807) is 0 Å². The van der Waals surface area contributed by atoms with E-state index in [2.05, 4.69) is 22.2 Å². The molecule has 3 heterocycles. The highest BCUT2D eigenvalue weighted by atomic mass is 16.5. The third-order valence-electron chi connectivity index (χ3n) is 5.42. The van der Waals surface area contributed by atoms with Gasteiger partial charge in [-0.2, -0.15) is 0 Å². The molecule has 0 aromatic carbocycles. The normalized spacial score (nSPS) is 41.4. The SMILES string of the molecule is COC1CNC(CN2CCC3C(CCCN3C)C2)C1. The van der Waals surface area contributed by atoms with Crippen molar-refractivity contribution in [1.82, 2.24) is 15.1 Å². The molecule has 4 nitrogen and oxygen atoms in total. The zero-order valence-electron chi connectivity index (χ0n) is 12.5. The van der Waals surface area contributed by atoms with Crippen LogP contribution in [0.2, 0.25) is 0 Å². The highest BCUT2D eigenvalue weighted by Gasteiger charge is 2.35. The van der Waals surface area contributed by atoms with E-state index in [-0.39, 0.29) is 0 Å². The van der Waals surface area contributed by atoms with Crippen LogP contribution in [0.1, 0.15) is 25.7 Å². The maximum absolute atomic E-state index is 5.44. The largest absolute Gasteiger partial charge is 0.380 e. The third-order valence-corrected chi connectivity index (χ3v) is 5.42. The van der Waals surface area contributed by atoms with Crippen LogP contribution in [0.15, 0.2) is 0 Å². The van der Waals surface area contributed by atoms with E-state index < -0.39 is 0 Å². The number of hydrogen-bond donors (Lipinski definition) is 1. The first-order valence-corrected chi connectivity index (χ1v) is 7.95. The van der Waals surface area contributed by atoms with E-state index in [0.717, 1.165) is 18.5 Å². The molecular formula is C15H29N3O. The smallest absolute Gasteiger partial charge is 0.0711 e. The summed E-state index contributed by atoms with van der Waals surface area (Å²) in [6, 6.07) is 1.50. The van der Waals surface area contributed by atoms with E-state index in [1.807, 2.05) is 7.11 Å². The Morgan fingerprint density at radius 1 is 1.26 bits per heavy atom. The monoisotopic (exact) mass is 267 g/mol. The molecule has 3 aliphatic heterocycles. The van der Waals surface area contributed by atoms with Crippen molar-refractivity contribution in [2.45, 2.75) is 43.9 Å². The number of methoxy groups -OCH3 is 1. The molecule has 0 spiro atoms. The molecule has 3 aliphatic rings. The molecule has 4 unspecified atom stereocenters. The molecule has 3 fully saturated rings. The lowest BCUT2D eigenvalue weighted by Crippen LogP contribution is -2.54. The Hall–Kier alpha value is -0.160. The van der Waals surface area contributed by atoms with Crippen LogP contribution in [0.4, 0.5) is 0 Å². The number of hydrogen-bond acceptors (Lipinski definition) is 4. The molecule has 0 saturated carbocycles. The van der Waals surface area contributed by atoms with Gasteiger partial charge in [-0.3, -0.25) is 0 Å². The van der Waals surface area contributed by atoms with Crippen LogP contribution in [-0.2, 0) is 4.74 Å². The fourth-order valence-electron chi connectivity index (χ4n) is 4.31. The molecular weight excluding hydrogens is 238 g/mol. The third kappa shape index (κ3) is 3.13. The van der Waals surface area contributed by atoms with E-state index in [0.29, 0.717) is 12.1 Å². The van der Waals surface area contributed by atoms with Gasteiger partial charge in [0, 0.05) is 38.8 Å². The van der Waals surface area contributed by atoms with E-state index in [1.165, 1.54) is 51.9 Å². The maximum atomic E-state index is 5.44. The van der Waals surface area contributed by atoms with Gasteiger partial charge in [-0.1, -0.05) is 0 Å². The van der Waals surface area contributed by atoms with Crippen LogP contribution < -0.4 is 5.32 Å². The Labute approximate surface area is 117 Å². The summed E-state index contributed by atoms with van der Waals surface area (Å²) in [5, 5.41) is 3.61. The Bertz CT molecular complexity index is 299. The average Bonchev–Trinajstić information content (AvgIpc) is 2.86. The lowest BCUT2D eigenvalue weighted by molar-refractivity contribution is 0.0348. The minimum Gasteiger partial charge on any atom is -0.380 e. The van der Waals surface area contributed by atoms with Gasteiger partial charge in [0.25, 0.3) is 0 Å². The number of fused-ring (bicyclic) bond motifs is 1. The van der Waals surface area contributed by atoms with Gasteiger partial charge in [-0.15, -0.1) is 0 Å². The predicted octanol–water partition coefficient (Wildman–Crippen LogP) is 0.779. The minimum absolute atomic E-state index is 0.434. The Balaban J connectivity index is 1.48. The maximum Gasteiger partial charge on any atom is 0.0711 e. The lowest BCUT2D eigenvalue weighted by atomic mass is 9.84. The first-order valence-electron chi connectivity index (χ1n) is 7.95.